The molecule has 0 aromatic rings. The van der Waals surface area contributed by atoms with Gasteiger partial charge < -0.3 is 10.0 Å². The molecule has 0 aliphatic carbocycles. The van der Waals surface area contributed by atoms with Crippen LogP contribution in [0.25, 0.3) is 0 Å². The van der Waals surface area contributed by atoms with Crippen molar-refractivity contribution in [3.8, 4) is 0 Å². The number of carboxylic acids is 1. The summed E-state index contributed by atoms with van der Waals surface area (Å²) in [6.07, 6.45) is 3.52. The van der Waals surface area contributed by atoms with Gasteiger partial charge in [0.25, 0.3) is 0 Å². The molecule has 0 radical (unpaired) electrons. The first-order valence-corrected chi connectivity index (χ1v) is 6.16. The van der Waals surface area contributed by atoms with Crippen molar-refractivity contribution in [3.63, 3.8) is 0 Å². The van der Waals surface area contributed by atoms with Crippen LogP contribution in [0.15, 0.2) is 0 Å². The molecule has 0 aromatic carbocycles. The van der Waals surface area contributed by atoms with E-state index in [2.05, 4.69) is 30.8 Å². The lowest BCUT2D eigenvalue weighted by molar-refractivity contribution is -0.138. The highest BCUT2D eigenvalue weighted by molar-refractivity contribution is 5.67. The van der Waals surface area contributed by atoms with E-state index in [4.69, 9.17) is 5.11 Å². The molecule has 4 nitrogen and oxygen atoms in total. The van der Waals surface area contributed by atoms with Crippen LogP contribution >= 0.6 is 0 Å². The number of carbonyl (C=O) groups is 1. The topological polar surface area (TPSA) is 43.8 Å². The smallest absolute Gasteiger partial charge is 0.304 e. The summed E-state index contributed by atoms with van der Waals surface area (Å²) in [5.74, 6) is -0.679. The highest BCUT2D eigenvalue weighted by atomic mass is 16.4. The standard InChI is InChI=1S/C12H24N2O2/c1-4-10(9-12(15)16)14-7-5-11(6-8-14)13(2)3/h10-11H,4-9H2,1-3H3,(H,15,16). The van der Waals surface area contributed by atoms with Gasteiger partial charge in [0.1, 0.15) is 0 Å². The number of hydrogen-bond acceptors (Lipinski definition) is 3. The van der Waals surface area contributed by atoms with Crippen molar-refractivity contribution in [1.29, 1.82) is 0 Å². The number of rotatable bonds is 5. The zero-order valence-corrected chi connectivity index (χ0v) is 10.6. The fourth-order valence-electron chi connectivity index (χ4n) is 2.50. The minimum Gasteiger partial charge on any atom is -0.481 e. The van der Waals surface area contributed by atoms with Crippen molar-refractivity contribution in [2.24, 2.45) is 0 Å². The van der Waals surface area contributed by atoms with Crippen LogP contribution in [0, 0.1) is 0 Å². The molecule has 1 aliphatic heterocycles. The summed E-state index contributed by atoms with van der Waals surface area (Å²) in [7, 11) is 4.24. The molecule has 0 amide bonds. The van der Waals surface area contributed by atoms with Crippen LogP contribution in [0.2, 0.25) is 0 Å². The molecule has 4 heteroatoms. The number of hydrogen-bond donors (Lipinski definition) is 1. The van der Waals surface area contributed by atoms with Crippen LogP contribution in [0.4, 0.5) is 0 Å². The van der Waals surface area contributed by atoms with Crippen LogP contribution in [0.1, 0.15) is 32.6 Å². The third kappa shape index (κ3) is 3.76. The molecule has 1 fully saturated rings. The molecular weight excluding hydrogens is 204 g/mol. The molecule has 0 aromatic heterocycles. The van der Waals surface area contributed by atoms with Gasteiger partial charge in [0, 0.05) is 12.1 Å². The lowest BCUT2D eigenvalue weighted by atomic mass is 10.00. The van der Waals surface area contributed by atoms with Gasteiger partial charge >= 0.3 is 5.97 Å². The number of nitrogens with zero attached hydrogens (tertiary/aromatic N) is 2. The Hall–Kier alpha value is -0.610. The Morgan fingerprint density at radius 3 is 2.38 bits per heavy atom. The van der Waals surface area contributed by atoms with Crippen LogP contribution in [-0.4, -0.2) is 60.1 Å². The monoisotopic (exact) mass is 228 g/mol. The van der Waals surface area contributed by atoms with E-state index in [0.29, 0.717) is 6.04 Å². The summed E-state index contributed by atoms with van der Waals surface area (Å²) >= 11 is 0. The van der Waals surface area contributed by atoms with Crippen LogP contribution in [0.5, 0.6) is 0 Å². The minimum atomic E-state index is -0.679. The Kier molecular flexibility index (Phi) is 5.22. The predicted octanol–water partition coefficient (Wildman–Crippen LogP) is 1.27. The fourth-order valence-corrected chi connectivity index (χ4v) is 2.50. The maximum absolute atomic E-state index is 10.7. The van der Waals surface area contributed by atoms with Gasteiger partial charge in [-0.3, -0.25) is 9.69 Å². The first-order chi connectivity index (χ1) is 7.54. The lowest BCUT2D eigenvalue weighted by Crippen LogP contribution is -2.46. The van der Waals surface area contributed by atoms with Gasteiger partial charge in [-0.2, -0.15) is 0 Å². The summed E-state index contributed by atoms with van der Waals surface area (Å²) < 4.78 is 0. The molecule has 1 aliphatic rings. The Balaban J connectivity index is 2.41. The van der Waals surface area contributed by atoms with E-state index >= 15 is 0 Å². The van der Waals surface area contributed by atoms with Crippen LogP contribution in [0.3, 0.4) is 0 Å². The van der Waals surface area contributed by atoms with Crippen molar-refractivity contribution in [1.82, 2.24) is 9.80 Å². The molecule has 1 heterocycles. The second kappa shape index (κ2) is 6.21. The third-order valence-corrected chi connectivity index (χ3v) is 3.63. The zero-order chi connectivity index (χ0) is 12.1. The largest absolute Gasteiger partial charge is 0.481 e. The van der Waals surface area contributed by atoms with Gasteiger partial charge in [-0.05, 0) is 46.4 Å². The predicted molar refractivity (Wildman–Crippen MR) is 64.6 cm³/mol. The van der Waals surface area contributed by atoms with Crippen LogP contribution in [-0.2, 0) is 4.79 Å². The van der Waals surface area contributed by atoms with Crippen molar-refractivity contribution in [3.05, 3.63) is 0 Å². The molecule has 1 saturated heterocycles. The maximum Gasteiger partial charge on any atom is 0.304 e. The summed E-state index contributed by atoms with van der Waals surface area (Å²) in [5.41, 5.74) is 0. The Labute approximate surface area is 98.2 Å². The van der Waals surface area contributed by atoms with Gasteiger partial charge in [0.15, 0.2) is 0 Å². The fraction of sp³-hybridized carbons (Fsp3) is 0.917. The van der Waals surface area contributed by atoms with Crippen molar-refractivity contribution in [2.45, 2.75) is 44.7 Å². The quantitative estimate of drug-likeness (QED) is 0.769. The second-order valence-corrected chi connectivity index (χ2v) is 4.89. The number of carboxylic acid groups (broad SMARTS) is 1. The Bertz CT molecular complexity index is 223. The normalized spacial score (nSPS) is 21.2. The number of piperidine rings is 1. The average Bonchev–Trinajstić information content (AvgIpc) is 2.25. The highest BCUT2D eigenvalue weighted by Crippen LogP contribution is 2.19. The van der Waals surface area contributed by atoms with E-state index in [1.165, 1.54) is 0 Å². The van der Waals surface area contributed by atoms with Crippen molar-refractivity contribution in [2.75, 3.05) is 27.2 Å². The summed E-state index contributed by atoms with van der Waals surface area (Å²) in [5, 5.41) is 8.85. The molecule has 0 bridgehead atoms. The molecular formula is C12H24N2O2. The summed E-state index contributed by atoms with van der Waals surface area (Å²) in [6.45, 7) is 4.15. The highest BCUT2D eigenvalue weighted by Gasteiger charge is 2.26. The molecule has 0 saturated carbocycles. The van der Waals surface area contributed by atoms with E-state index in [-0.39, 0.29) is 12.5 Å². The Morgan fingerprint density at radius 2 is 2.00 bits per heavy atom. The third-order valence-electron chi connectivity index (χ3n) is 3.63. The van der Waals surface area contributed by atoms with Gasteiger partial charge in [0.05, 0.1) is 6.42 Å². The van der Waals surface area contributed by atoms with Crippen molar-refractivity contribution >= 4 is 5.97 Å². The molecule has 1 unspecified atom stereocenters. The minimum absolute atomic E-state index is 0.223. The molecule has 16 heavy (non-hydrogen) atoms. The molecule has 1 rings (SSSR count). The van der Waals surface area contributed by atoms with E-state index in [9.17, 15) is 4.79 Å². The summed E-state index contributed by atoms with van der Waals surface area (Å²) in [6, 6.07) is 0.888. The lowest BCUT2D eigenvalue weighted by Gasteiger charge is -2.38. The maximum atomic E-state index is 10.7. The molecule has 1 atom stereocenters. The first-order valence-electron chi connectivity index (χ1n) is 6.16. The second-order valence-electron chi connectivity index (χ2n) is 4.89. The molecule has 0 spiro atoms. The summed E-state index contributed by atoms with van der Waals surface area (Å²) in [4.78, 5) is 15.4. The van der Waals surface area contributed by atoms with Gasteiger partial charge in [0.2, 0.25) is 0 Å². The van der Waals surface area contributed by atoms with Gasteiger partial charge in [-0.1, -0.05) is 6.92 Å². The van der Waals surface area contributed by atoms with E-state index in [1.54, 1.807) is 0 Å². The van der Waals surface area contributed by atoms with Gasteiger partial charge in [-0.25, -0.2) is 0 Å². The van der Waals surface area contributed by atoms with Crippen LogP contribution < -0.4 is 0 Å². The molecule has 1 N–H and O–H groups in total. The molecule has 94 valence electrons. The van der Waals surface area contributed by atoms with E-state index < -0.39 is 5.97 Å². The van der Waals surface area contributed by atoms with E-state index in [1.807, 2.05) is 0 Å². The van der Waals surface area contributed by atoms with E-state index in [0.717, 1.165) is 32.4 Å². The number of likely N-dealkylation sites (tertiary alicyclic amines) is 1. The SMILES string of the molecule is CCC(CC(=O)O)N1CCC(N(C)C)CC1. The van der Waals surface area contributed by atoms with Gasteiger partial charge in [-0.15, -0.1) is 0 Å². The first kappa shape index (κ1) is 13.5. The number of aliphatic carboxylic acids is 1. The zero-order valence-electron chi connectivity index (χ0n) is 10.6. The van der Waals surface area contributed by atoms with Crippen molar-refractivity contribution < 1.29 is 9.90 Å². The average molecular weight is 228 g/mol. The Morgan fingerprint density at radius 1 is 1.44 bits per heavy atom.